The topological polar surface area (TPSA) is 75.3 Å². The van der Waals surface area contributed by atoms with E-state index in [0.29, 0.717) is 12.4 Å². The summed E-state index contributed by atoms with van der Waals surface area (Å²) in [7, 11) is 1.68. The van der Waals surface area contributed by atoms with Crippen LogP contribution in [0.4, 0.5) is 16.3 Å². The van der Waals surface area contributed by atoms with Crippen molar-refractivity contribution >= 4 is 28.3 Å². The van der Waals surface area contributed by atoms with E-state index in [1.807, 2.05) is 43.3 Å². The van der Waals surface area contributed by atoms with Crippen molar-refractivity contribution in [3.8, 4) is 5.75 Å². The highest BCUT2D eigenvalue weighted by molar-refractivity contribution is 5.95. The fraction of sp³-hybridized carbons (Fsp3) is 0.304. The molecular weight excluding hydrogens is 364 g/mol. The van der Waals surface area contributed by atoms with Gasteiger partial charge in [0.15, 0.2) is 0 Å². The van der Waals surface area contributed by atoms with Gasteiger partial charge < -0.3 is 15.4 Å². The standard InChI is InChI=1S/C23H28N4O2/c1-16-10-12-24-22(13-16)27-23(28)25-11-6-7-17(2)26-21-15-19(29-3)14-18-8-4-5-9-20(18)21/h4-5,8-10,12-15,17,26H,6-7,11H2,1-3H3,(H2,24,25,27,28). The van der Waals surface area contributed by atoms with Gasteiger partial charge in [-0.05, 0) is 55.8 Å². The lowest BCUT2D eigenvalue weighted by Gasteiger charge is -2.18. The third-order valence-corrected chi connectivity index (χ3v) is 4.73. The molecule has 3 rings (SSSR count). The molecule has 2 aromatic carbocycles. The van der Waals surface area contributed by atoms with Gasteiger partial charge in [0, 0.05) is 35.9 Å². The molecule has 0 aliphatic heterocycles. The largest absolute Gasteiger partial charge is 0.497 e. The molecule has 1 aromatic heterocycles. The molecule has 0 fully saturated rings. The van der Waals surface area contributed by atoms with E-state index in [9.17, 15) is 4.79 Å². The molecule has 0 spiro atoms. The third kappa shape index (κ3) is 5.85. The predicted octanol–water partition coefficient (Wildman–Crippen LogP) is 4.95. The van der Waals surface area contributed by atoms with Gasteiger partial charge in [-0.15, -0.1) is 0 Å². The molecule has 1 unspecified atom stereocenters. The van der Waals surface area contributed by atoms with Crippen LogP contribution in [0, 0.1) is 6.92 Å². The van der Waals surface area contributed by atoms with E-state index in [4.69, 9.17) is 4.74 Å². The molecule has 3 aromatic rings. The van der Waals surface area contributed by atoms with Crippen LogP contribution in [0.3, 0.4) is 0 Å². The number of fused-ring (bicyclic) bond motifs is 1. The predicted molar refractivity (Wildman–Crippen MR) is 119 cm³/mol. The molecule has 0 radical (unpaired) electrons. The molecule has 3 N–H and O–H groups in total. The second-order valence-electron chi connectivity index (χ2n) is 7.18. The molecule has 0 aliphatic rings. The van der Waals surface area contributed by atoms with Gasteiger partial charge in [0.1, 0.15) is 11.6 Å². The van der Waals surface area contributed by atoms with Crippen molar-refractivity contribution in [3.05, 3.63) is 60.3 Å². The Morgan fingerprint density at radius 3 is 2.79 bits per heavy atom. The van der Waals surface area contributed by atoms with Gasteiger partial charge in [0.05, 0.1) is 7.11 Å². The smallest absolute Gasteiger partial charge is 0.320 e. The first-order valence-electron chi connectivity index (χ1n) is 9.86. The number of nitrogens with zero attached hydrogens (tertiary/aromatic N) is 1. The molecule has 0 bridgehead atoms. The minimum atomic E-state index is -0.234. The molecule has 29 heavy (non-hydrogen) atoms. The van der Waals surface area contributed by atoms with E-state index < -0.39 is 0 Å². The third-order valence-electron chi connectivity index (χ3n) is 4.73. The summed E-state index contributed by atoms with van der Waals surface area (Å²) in [4.78, 5) is 16.1. The number of aryl methyl sites for hydroxylation is 1. The van der Waals surface area contributed by atoms with Gasteiger partial charge in [0.25, 0.3) is 0 Å². The van der Waals surface area contributed by atoms with Crippen LogP contribution in [0.2, 0.25) is 0 Å². The number of hydrogen-bond acceptors (Lipinski definition) is 4. The van der Waals surface area contributed by atoms with Crippen molar-refractivity contribution in [1.82, 2.24) is 10.3 Å². The summed E-state index contributed by atoms with van der Waals surface area (Å²) in [6.07, 6.45) is 3.47. The number of methoxy groups -OCH3 is 1. The van der Waals surface area contributed by atoms with Crippen LogP contribution in [0.1, 0.15) is 25.3 Å². The number of pyridine rings is 1. The number of urea groups is 1. The van der Waals surface area contributed by atoms with Crippen molar-refractivity contribution < 1.29 is 9.53 Å². The molecule has 0 saturated carbocycles. The van der Waals surface area contributed by atoms with Crippen LogP contribution >= 0.6 is 0 Å². The molecule has 1 atom stereocenters. The fourth-order valence-corrected chi connectivity index (χ4v) is 3.23. The Labute approximate surface area is 171 Å². The van der Waals surface area contributed by atoms with Crippen LogP contribution in [0.15, 0.2) is 54.7 Å². The SMILES string of the molecule is COc1cc(NC(C)CCCNC(=O)Nc2cc(C)ccn2)c2ccccc2c1. The molecule has 6 heteroatoms. The first kappa shape index (κ1) is 20.5. The quantitative estimate of drug-likeness (QED) is 0.474. The van der Waals surface area contributed by atoms with E-state index in [0.717, 1.165) is 35.2 Å². The summed E-state index contributed by atoms with van der Waals surface area (Å²) in [6.45, 7) is 4.71. The second-order valence-corrected chi connectivity index (χ2v) is 7.18. The van der Waals surface area contributed by atoms with E-state index >= 15 is 0 Å². The molecular formula is C23H28N4O2. The van der Waals surface area contributed by atoms with Gasteiger partial charge in [0.2, 0.25) is 0 Å². The number of rotatable bonds is 8. The zero-order valence-electron chi connectivity index (χ0n) is 17.2. The summed E-state index contributed by atoms with van der Waals surface area (Å²) >= 11 is 0. The van der Waals surface area contributed by atoms with Crippen molar-refractivity contribution in [2.45, 2.75) is 32.7 Å². The number of amides is 2. The van der Waals surface area contributed by atoms with Crippen molar-refractivity contribution in [2.75, 3.05) is 24.3 Å². The Kier molecular flexibility index (Phi) is 6.89. The van der Waals surface area contributed by atoms with Gasteiger partial charge in [-0.25, -0.2) is 9.78 Å². The maximum Gasteiger partial charge on any atom is 0.320 e. The lowest BCUT2D eigenvalue weighted by molar-refractivity contribution is 0.251. The average Bonchev–Trinajstić information content (AvgIpc) is 2.71. The Bertz CT molecular complexity index is 974. The Hall–Kier alpha value is -3.28. The van der Waals surface area contributed by atoms with Crippen LogP contribution in [-0.2, 0) is 0 Å². The average molecular weight is 393 g/mol. The highest BCUT2D eigenvalue weighted by atomic mass is 16.5. The Balaban J connectivity index is 1.47. The number of carbonyl (C=O) groups excluding carboxylic acids is 1. The zero-order valence-corrected chi connectivity index (χ0v) is 17.2. The molecule has 0 aliphatic carbocycles. The van der Waals surface area contributed by atoms with E-state index in [-0.39, 0.29) is 12.1 Å². The van der Waals surface area contributed by atoms with Crippen LogP contribution < -0.4 is 20.7 Å². The first-order chi connectivity index (χ1) is 14.0. The summed E-state index contributed by atoms with van der Waals surface area (Å²) in [5.74, 6) is 1.39. The molecule has 2 amide bonds. The van der Waals surface area contributed by atoms with Gasteiger partial charge in [-0.3, -0.25) is 5.32 Å². The van der Waals surface area contributed by atoms with Crippen molar-refractivity contribution in [3.63, 3.8) is 0 Å². The number of benzene rings is 2. The zero-order chi connectivity index (χ0) is 20.6. The van der Waals surface area contributed by atoms with E-state index in [1.165, 1.54) is 5.39 Å². The fourth-order valence-electron chi connectivity index (χ4n) is 3.23. The normalized spacial score (nSPS) is 11.7. The Morgan fingerprint density at radius 2 is 2.00 bits per heavy atom. The number of anilines is 2. The van der Waals surface area contributed by atoms with Gasteiger partial charge >= 0.3 is 6.03 Å². The number of carbonyl (C=O) groups is 1. The number of nitrogens with one attached hydrogen (secondary N) is 3. The minimum absolute atomic E-state index is 0.234. The molecule has 0 saturated heterocycles. The Morgan fingerprint density at radius 1 is 1.17 bits per heavy atom. The highest BCUT2D eigenvalue weighted by Crippen LogP contribution is 2.30. The molecule has 152 valence electrons. The summed E-state index contributed by atoms with van der Waals surface area (Å²) in [5.41, 5.74) is 2.11. The van der Waals surface area contributed by atoms with Crippen molar-refractivity contribution in [2.24, 2.45) is 0 Å². The van der Waals surface area contributed by atoms with Gasteiger partial charge in [-0.2, -0.15) is 0 Å². The lowest BCUT2D eigenvalue weighted by atomic mass is 10.1. The first-order valence-corrected chi connectivity index (χ1v) is 9.86. The minimum Gasteiger partial charge on any atom is -0.497 e. The number of ether oxygens (including phenoxy) is 1. The van der Waals surface area contributed by atoms with Crippen molar-refractivity contribution in [1.29, 1.82) is 0 Å². The van der Waals surface area contributed by atoms with Crippen LogP contribution in [-0.4, -0.2) is 30.7 Å². The monoisotopic (exact) mass is 392 g/mol. The summed E-state index contributed by atoms with van der Waals surface area (Å²) in [5, 5.41) is 11.5. The van der Waals surface area contributed by atoms with Gasteiger partial charge in [-0.1, -0.05) is 24.3 Å². The van der Waals surface area contributed by atoms with Crippen LogP contribution in [0.25, 0.3) is 10.8 Å². The molecule has 6 nitrogen and oxygen atoms in total. The maximum absolute atomic E-state index is 12.0. The summed E-state index contributed by atoms with van der Waals surface area (Å²) < 4.78 is 5.43. The van der Waals surface area contributed by atoms with Crippen LogP contribution in [0.5, 0.6) is 5.75 Å². The number of hydrogen-bond donors (Lipinski definition) is 3. The number of aromatic nitrogens is 1. The lowest BCUT2D eigenvalue weighted by Crippen LogP contribution is -2.30. The second kappa shape index (κ2) is 9.78. The molecule has 1 heterocycles. The maximum atomic E-state index is 12.0. The summed E-state index contributed by atoms with van der Waals surface area (Å²) in [6, 6.07) is 16.1. The van der Waals surface area contributed by atoms with E-state index in [2.05, 4.69) is 40.0 Å². The highest BCUT2D eigenvalue weighted by Gasteiger charge is 2.08. The van der Waals surface area contributed by atoms with E-state index in [1.54, 1.807) is 13.3 Å².